The molecule has 0 saturated carbocycles. The van der Waals surface area contributed by atoms with Crippen molar-refractivity contribution in [3.8, 4) is 5.75 Å². The molecule has 2 amide bonds. The van der Waals surface area contributed by atoms with Crippen LogP contribution in [-0.2, 0) is 16.1 Å². The van der Waals surface area contributed by atoms with E-state index in [2.05, 4.69) is 5.32 Å². The second-order valence-electron chi connectivity index (χ2n) is 9.19. The molecule has 33 heavy (non-hydrogen) atoms. The molecule has 0 fully saturated rings. The molecule has 0 aromatic heterocycles. The van der Waals surface area contributed by atoms with Gasteiger partial charge in [0.2, 0.25) is 11.8 Å². The van der Waals surface area contributed by atoms with Gasteiger partial charge in [0.1, 0.15) is 11.8 Å². The van der Waals surface area contributed by atoms with Gasteiger partial charge in [0.05, 0.1) is 6.61 Å². The first-order valence-electron chi connectivity index (χ1n) is 11.2. The molecule has 0 aliphatic rings. The quantitative estimate of drug-likeness (QED) is 0.402. The zero-order valence-corrected chi connectivity index (χ0v) is 21.6. The minimum Gasteiger partial charge on any atom is -0.494 e. The molecule has 180 valence electrons. The molecule has 0 unspecified atom stereocenters. The average molecular weight is 493 g/mol. The molecular weight excluding hydrogens is 459 g/mol. The highest BCUT2D eigenvalue weighted by Gasteiger charge is 2.30. The zero-order valence-electron chi connectivity index (χ0n) is 20.1. The van der Waals surface area contributed by atoms with E-state index in [-0.39, 0.29) is 24.8 Å². The number of hydrogen-bond acceptors (Lipinski definition) is 3. The fraction of sp³-hybridized carbons (Fsp3) is 0.462. The van der Waals surface area contributed by atoms with Crippen molar-refractivity contribution in [1.82, 2.24) is 10.2 Å². The second-order valence-corrected chi connectivity index (χ2v) is 10.0. The van der Waals surface area contributed by atoms with Crippen LogP contribution < -0.4 is 10.1 Å². The Balaban J connectivity index is 2.12. The molecule has 5 nitrogen and oxygen atoms in total. The number of nitrogens with one attached hydrogen (secondary N) is 1. The van der Waals surface area contributed by atoms with E-state index in [0.29, 0.717) is 29.5 Å². The molecule has 2 rings (SSSR count). The minimum atomic E-state index is -0.610. The van der Waals surface area contributed by atoms with Crippen molar-refractivity contribution < 1.29 is 14.3 Å². The summed E-state index contributed by atoms with van der Waals surface area (Å²) in [7, 11) is 0. The first kappa shape index (κ1) is 27.0. The topological polar surface area (TPSA) is 58.6 Å². The molecule has 2 aromatic carbocycles. The Kier molecular flexibility index (Phi) is 10.1. The van der Waals surface area contributed by atoms with Gasteiger partial charge in [-0.25, -0.2) is 0 Å². The van der Waals surface area contributed by atoms with E-state index < -0.39 is 11.6 Å². The highest BCUT2D eigenvalue weighted by Crippen LogP contribution is 2.24. The van der Waals surface area contributed by atoms with E-state index in [1.807, 2.05) is 58.9 Å². The molecule has 0 saturated heterocycles. The van der Waals surface area contributed by atoms with Gasteiger partial charge < -0.3 is 15.0 Å². The van der Waals surface area contributed by atoms with Crippen molar-refractivity contribution in [3.63, 3.8) is 0 Å². The van der Waals surface area contributed by atoms with E-state index in [4.69, 9.17) is 27.9 Å². The Labute approximate surface area is 207 Å². The van der Waals surface area contributed by atoms with Gasteiger partial charge in [-0.1, -0.05) is 53.9 Å². The van der Waals surface area contributed by atoms with E-state index in [1.54, 1.807) is 23.1 Å². The van der Waals surface area contributed by atoms with Crippen LogP contribution in [0.4, 0.5) is 0 Å². The number of hydrogen-bond donors (Lipinski definition) is 1. The third-order valence-electron chi connectivity index (χ3n) is 5.06. The number of rotatable bonds is 10. The molecule has 2 aromatic rings. The Morgan fingerprint density at radius 3 is 2.33 bits per heavy atom. The predicted molar refractivity (Wildman–Crippen MR) is 135 cm³/mol. The maximum Gasteiger partial charge on any atom is 0.243 e. The largest absolute Gasteiger partial charge is 0.494 e. The predicted octanol–water partition coefficient (Wildman–Crippen LogP) is 6.18. The Bertz CT molecular complexity index is 940. The molecule has 0 bridgehead atoms. The number of ether oxygens (including phenoxy) is 1. The normalized spacial score (nSPS) is 12.2. The number of benzene rings is 2. The maximum absolute atomic E-state index is 13.3. The lowest BCUT2D eigenvalue weighted by Gasteiger charge is -2.33. The maximum atomic E-state index is 13.3. The van der Waals surface area contributed by atoms with Gasteiger partial charge in [0, 0.05) is 28.5 Å². The first-order valence-corrected chi connectivity index (χ1v) is 12.0. The number of carbonyl (C=O) groups is 2. The Hall–Kier alpha value is -2.24. The number of carbonyl (C=O) groups excluding carboxylic acids is 2. The van der Waals surface area contributed by atoms with Crippen LogP contribution in [-0.4, -0.2) is 34.9 Å². The summed E-state index contributed by atoms with van der Waals surface area (Å²) in [4.78, 5) is 27.9. The summed E-state index contributed by atoms with van der Waals surface area (Å²) in [5.74, 6) is 0.470. The van der Waals surface area contributed by atoms with Crippen molar-refractivity contribution in [2.75, 3.05) is 6.61 Å². The van der Waals surface area contributed by atoms with Gasteiger partial charge in [-0.3, -0.25) is 9.59 Å². The third-order valence-corrected chi connectivity index (χ3v) is 5.65. The number of halogens is 2. The molecule has 0 aliphatic carbocycles. The van der Waals surface area contributed by atoms with Crippen molar-refractivity contribution in [2.24, 2.45) is 0 Å². The fourth-order valence-corrected chi connectivity index (χ4v) is 3.87. The van der Waals surface area contributed by atoms with Gasteiger partial charge in [-0.05, 0) is 70.4 Å². The van der Waals surface area contributed by atoms with Gasteiger partial charge in [0.25, 0.3) is 0 Å². The third kappa shape index (κ3) is 8.90. The first-order chi connectivity index (χ1) is 15.5. The summed E-state index contributed by atoms with van der Waals surface area (Å²) in [5.41, 5.74) is 1.50. The molecule has 7 heteroatoms. The average Bonchev–Trinajstić information content (AvgIpc) is 2.72. The summed E-state index contributed by atoms with van der Waals surface area (Å²) in [6, 6.07) is 12.4. The molecule has 1 atom stereocenters. The van der Waals surface area contributed by atoms with Gasteiger partial charge in [-0.15, -0.1) is 0 Å². The van der Waals surface area contributed by atoms with Crippen LogP contribution in [0, 0.1) is 6.92 Å². The number of amides is 2. The lowest BCUT2D eigenvalue weighted by atomic mass is 10.0. The van der Waals surface area contributed by atoms with E-state index in [0.717, 1.165) is 16.9 Å². The van der Waals surface area contributed by atoms with E-state index >= 15 is 0 Å². The summed E-state index contributed by atoms with van der Waals surface area (Å²) >= 11 is 12.4. The molecule has 0 heterocycles. The molecular formula is C26H34Cl2N2O3. The van der Waals surface area contributed by atoms with Crippen molar-refractivity contribution >= 4 is 35.0 Å². The van der Waals surface area contributed by atoms with Crippen LogP contribution in [0.15, 0.2) is 42.5 Å². The standard InChI is InChI=1S/C26H34Cl2N2O3/c1-6-23(25(32)29-26(3,4)5)30(17-19-11-12-20(27)16-22(19)28)24(31)8-7-15-33-21-13-9-18(2)10-14-21/h9-14,16,23H,6-8,15,17H2,1-5H3,(H,29,32)/t23-/m1/s1. The number of nitrogens with zero attached hydrogens (tertiary/aromatic N) is 1. The summed E-state index contributed by atoms with van der Waals surface area (Å²) < 4.78 is 5.76. The van der Waals surface area contributed by atoms with Crippen LogP contribution in [0.5, 0.6) is 5.75 Å². The molecule has 0 spiro atoms. The lowest BCUT2D eigenvalue weighted by Crippen LogP contribution is -2.53. The lowest BCUT2D eigenvalue weighted by molar-refractivity contribution is -0.142. The number of aryl methyl sites for hydroxylation is 1. The highest BCUT2D eigenvalue weighted by atomic mass is 35.5. The molecule has 0 radical (unpaired) electrons. The molecule has 1 N–H and O–H groups in total. The van der Waals surface area contributed by atoms with Gasteiger partial charge in [-0.2, -0.15) is 0 Å². The summed E-state index contributed by atoms with van der Waals surface area (Å²) in [5, 5.41) is 3.98. The van der Waals surface area contributed by atoms with Gasteiger partial charge in [0.15, 0.2) is 0 Å². The molecule has 0 aliphatic heterocycles. The monoisotopic (exact) mass is 492 g/mol. The SMILES string of the molecule is CC[C@H](C(=O)NC(C)(C)C)N(Cc1ccc(Cl)cc1Cl)C(=O)CCCOc1ccc(C)cc1. The van der Waals surface area contributed by atoms with Crippen molar-refractivity contribution in [3.05, 3.63) is 63.6 Å². The van der Waals surface area contributed by atoms with Crippen LogP contribution in [0.1, 0.15) is 58.1 Å². The fourth-order valence-electron chi connectivity index (χ4n) is 3.40. The van der Waals surface area contributed by atoms with E-state index in [9.17, 15) is 9.59 Å². The second kappa shape index (κ2) is 12.3. The minimum absolute atomic E-state index is 0.121. The van der Waals surface area contributed by atoms with Crippen molar-refractivity contribution in [2.45, 2.75) is 72.0 Å². The highest BCUT2D eigenvalue weighted by molar-refractivity contribution is 6.35. The van der Waals surface area contributed by atoms with Crippen LogP contribution in [0.3, 0.4) is 0 Å². The Morgan fingerprint density at radius 1 is 1.09 bits per heavy atom. The van der Waals surface area contributed by atoms with Crippen LogP contribution in [0.25, 0.3) is 0 Å². The van der Waals surface area contributed by atoms with Gasteiger partial charge >= 0.3 is 0 Å². The van der Waals surface area contributed by atoms with Crippen LogP contribution >= 0.6 is 23.2 Å². The summed E-state index contributed by atoms with van der Waals surface area (Å²) in [6.45, 7) is 10.3. The van der Waals surface area contributed by atoms with Crippen LogP contribution in [0.2, 0.25) is 10.0 Å². The smallest absolute Gasteiger partial charge is 0.243 e. The summed E-state index contributed by atoms with van der Waals surface area (Å²) in [6.07, 6.45) is 1.28. The Morgan fingerprint density at radius 2 is 1.76 bits per heavy atom. The van der Waals surface area contributed by atoms with Crippen molar-refractivity contribution in [1.29, 1.82) is 0 Å². The van der Waals surface area contributed by atoms with E-state index in [1.165, 1.54) is 0 Å². The zero-order chi connectivity index (χ0) is 24.6.